The first-order chi connectivity index (χ1) is 11.8. The number of hydrogen-bond donors (Lipinski definition) is 1. The van der Waals surface area contributed by atoms with Crippen LogP contribution in [0.15, 0.2) is 42.5 Å². The van der Waals surface area contributed by atoms with E-state index < -0.39 is 0 Å². The van der Waals surface area contributed by atoms with Crippen molar-refractivity contribution in [3.05, 3.63) is 48.0 Å². The number of nitrogens with zero attached hydrogens (tertiary/aromatic N) is 1. The summed E-state index contributed by atoms with van der Waals surface area (Å²) in [6.45, 7) is 2.21. The summed E-state index contributed by atoms with van der Waals surface area (Å²) in [7, 11) is 0. The third-order valence-corrected chi connectivity index (χ3v) is 5.06. The molecule has 1 aliphatic carbocycles. The highest BCUT2D eigenvalue weighted by molar-refractivity contribution is 5.88. The highest BCUT2D eigenvalue weighted by Gasteiger charge is 2.36. The van der Waals surface area contributed by atoms with Gasteiger partial charge in [-0.1, -0.05) is 42.5 Å². The molecular formula is C20H26N2O2. The fourth-order valence-corrected chi connectivity index (χ4v) is 3.64. The summed E-state index contributed by atoms with van der Waals surface area (Å²) in [5.74, 6) is -0.283. The van der Waals surface area contributed by atoms with Crippen molar-refractivity contribution in [1.29, 1.82) is 0 Å². The van der Waals surface area contributed by atoms with Gasteiger partial charge in [0.05, 0.1) is 11.8 Å². The molecule has 2 amide bonds. The van der Waals surface area contributed by atoms with Gasteiger partial charge in [-0.15, -0.1) is 0 Å². The lowest BCUT2D eigenvalue weighted by molar-refractivity contribution is -0.142. The maximum absolute atomic E-state index is 12.9. The number of hydrogen-bond acceptors (Lipinski definition) is 2. The van der Waals surface area contributed by atoms with Gasteiger partial charge in [0, 0.05) is 19.6 Å². The molecule has 0 radical (unpaired) electrons. The minimum atomic E-state index is -0.242. The van der Waals surface area contributed by atoms with Gasteiger partial charge in [-0.25, -0.2) is 0 Å². The standard InChI is InChI=1S/C20H26N2O2/c23-19(21-15-16-9-3-1-4-10-16)17-11-5-6-12-18(17)20(24)22-13-7-2-8-14-22/h1,3-6,9-10,17-18H,2,7-8,11-15H2,(H,21,23)/t17-,18+/m0/s1. The second kappa shape index (κ2) is 8.13. The fraction of sp³-hybridized carbons (Fsp3) is 0.500. The monoisotopic (exact) mass is 326 g/mol. The van der Waals surface area contributed by atoms with Crippen LogP contribution in [0.25, 0.3) is 0 Å². The summed E-state index contributed by atoms with van der Waals surface area (Å²) in [5, 5.41) is 3.01. The van der Waals surface area contributed by atoms with Crippen molar-refractivity contribution in [2.24, 2.45) is 11.8 Å². The van der Waals surface area contributed by atoms with Gasteiger partial charge in [0.15, 0.2) is 0 Å². The van der Waals surface area contributed by atoms with Crippen molar-refractivity contribution in [3.63, 3.8) is 0 Å². The van der Waals surface area contributed by atoms with Gasteiger partial charge in [0.1, 0.15) is 0 Å². The van der Waals surface area contributed by atoms with Crippen molar-refractivity contribution in [2.45, 2.75) is 38.6 Å². The Hall–Kier alpha value is -2.10. The van der Waals surface area contributed by atoms with Crippen LogP contribution in [0.2, 0.25) is 0 Å². The topological polar surface area (TPSA) is 49.4 Å². The smallest absolute Gasteiger partial charge is 0.226 e. The Kier molecular flexibility index (Phi) is 5.68. The molecule has 0 aromatic heterocycles. The predicted octanol–water partition coefficient (Wildman–Crippen LogP) is 2.90. The molecule has 1 aliphatic heterocycles. The van der Waals surface area contributed by atoms with Gasteiger partial charge in [-0.05, 0) is 37.7 Å². The zero-order chi connectivity index (χ0) is 16.8. The Bertz CT molecular complexity index is 591. The molecule has 1 aromatic rings. The van der Waals surface area contributed by atoms with E-state index in [9.17, 15) is 9.59 Å². The number of carbonyl (C=O) groups is 2. The number of benzene rings is 1. The van der Waals surface area contributed by atoms with Gasteiger partial charge in [0.2, 0.25) is 11.8 Å². The van der Waals surface area contributed by atoms with E-state index in [-0.39, 0.29) is 23.7 Å². The zero-order valence-corrected chi connectivity index (χ0v) is 14.1. The molecule has 2 atom stereocenters. The molecule has 4 nitrogen and oxygen atoms in total. The summed E-state index contributed by atoms with van der Waals surface area (Å²) >= 11 is 0. The molecule has 2 aliphatic rings. The second-order valence-corrected chi connectivity index (χ2v) is 6.75. The van der Waals surface area contributed by atoms with Crippen LogP contribution >= 0.6 is 0 Å². The molecule has 0 unspecified atom stereocenters. The summed E-state index contributed by atoms with van der Waals surface area (Å²) in [6, 6.07) is 9.89. The minimum Gasteiger partial charge on any atom is -0.352 e. The van der Waals surface area contributed by atoms with E-state index in [1.807, 2.05) is 47.4 Å². The number of piperidine rings is 1. The first-order valence-corrected chi connectivity index (χ1v) is 9.01. The molecule has 1 fully saturated rings. The number of likely N-dealkylation sites (tertiary alicyclic amines) is 1. The normalized spacial score (nSPS) is 23.8. The van der Waals surface area contributed by atoms with Crippen LogP contribution in [0.1, 0.15) is 37.7 Å². The van der Waals surface area contributed by atoms with Gasteiger partial charge in [0.25, 0.3) is 0 Å². The molecule has 128 valence electrons. The van der Waals surface area contributed by atoms with E-state index in [0.29, 0.717) is 19.4 Å². The highest BCUT2D eigenvalue weighted by Crippen LogP contribution is 2.29. The second-order valence-electron chi connectivity index (χ2n) is 6.75. The van der Waals surface area contributed by atoms with Crippen molar-refractivity contribution in [2.75, 3.05) is 13.1 Å². The maximum atomic E-state index is 12.9. The lowest BCUT2D eigenvalue weighted by atomic mass is 9.81. The third-order valence-electron chi connectivity index (χ3n) is 5.06. The molecule has 0 bridgehead atoms. The minimum absolute atomic E-state index is 0.00133. The van der Waals surface area contributed by atoms with E-state index in [0.717, 1.165) is 31.5 Å². The van der Waals surface area contributed by atoms with Crippen molar-refractivity contribution < 1.29 is 9.59 Å². The molecule has 3 rings (SSSR count). The molecule has 1 N–H and O–H groups in total. The van der Waals surface area contributed by atoms with E-state index in [1.54, 1.807) is 0 Å². The Morgan fingerprint density at radius 1 is 0.958 bits per heavy atom. The van der Waals surface area contributed by atoms with Crippen molar-refractivity contribution in [3.8, 4) is 0 Å². The molecule has 24 heavy (non-hydrogen) atoms. The molecular weight excluding hydrogens is 300 g/mol. The SMILES string of the molecule is O=C(NCc1ccccc1)[C@H]1CC=CC[C@H]1C(=O)N1CCCCC1. The van der Waals surface area contributed by atoms with Crippen LogP contribution in [-0.4, -0.2) is 29.8 Å². The van der Waals surface area contributed by atoms with E-state index in [2.05, 4.69) is 5.32 Å². The molecule has 0 spiro atoms. The Labute approximate surface area is 143 Å². The predicted molar refractivity (Wildman–Crippen MR) is 94.1 cm³/mol. The molecule has 1 saturated heterocycles. The fourth-order valence-electron chi connectivity index (χ4n) is 3.64. The van der Waals surface area contributed by atoms with Crippen LogP contribution in [0.5, 0.6) is 0 Å². The summed E-state index contributed by atoms with van der Waals surface area (Å²) < 4.78 is 0. The lowest BCUT2D eigenvalue weighted by Crippen LogP contribution is -2.46. The number of carbonyl (C=O) groups excluding carboxylic acids is 2. The molecule has 1 heterocycles. The van der Waals surface area contributed by atoms with Gasteiger partial charge in [-0.2, -0.15) is 0 Å². The quantitative estimate of drug-likeness (QED) is 0.865. The van der Waals surface area contributed by atoms with E-state index in [1.165, 1.54) is 6.42 Å². The lowest BCUT2D eigenvalue weighted by Gasteiger charge is -2.34. The maximum Gasteiger partial charge on any atom is 0.226 e. The van der Waals surface area contributed by atoms with Gasteiger partial charge < -0.3 is 10.2 Å². The van der Waals surface area contributed by atoms with Crippen LogP contribution in [-0.2, 0) is 16.1 Å². The summed E-state index contributed by atoms with van der Waals surface area (Å²) in [4.78, 5) is 27.5. The number of rotatable bonds is 4. The Balaban J connectivity index is 1.62. The molecule has 1 aromatic carbocycles. The number of allylic oxidation sites excluding steroid dienone is 2. The third kappa shape index (κ3) is 4.05. The van der Waals surface area contributed by atoms with Crippen LogP contribution in [0, 0.1) is 11.8 Å². The van der Waals surface area contributed by atoms with Gasteiger partial charge >= 0.3 is 0 Å². The molecule has 4 heteroatoms. The van der Waals surface area contributed by atoms with Gasteiger partial charge in [-0.3, -0.25) is 9.59 Å². The number of nitrogens with one attached hydrogen (secondary N) is 1. The average Bonchev–Trinajstić information content (AvgIpc) is 2.67. The summed E-state index contributed by atoms with van der Waals surface area (Å²) in [6.07, 6.45) is 8.79. The van der Waals surface area contributed by atoms with E-state index in [4.69, 9.17) is 0 Å². The van der Waals surface area contributed by atoms with Crippen LogP contribution < -0.4 is 5.32 Å². The Morgan fingerprint density at radius 2 is 1.62 bits per heavy atom. The van der Waals surface area contributed by atoms with Crippen molar-refractivity contribution in [1.82, 2.24) is 10.2 Å². The summed E-state index contributed by atoms with van der Waals surface area (Å²) in [5.41, 5.74) is 1.08. The zero-order valence-electron chi connectivity index (χ0n) is 14.1. The largest absolute Gasteiger partial charge is 0.352 e. The van der Waals surface area contributed by atoms with E-state index >= 15 is 0 Å². The number of amides is 2. The highest BCUT2D eigenvalue weighted by atomic mass is 16.2. The average molecular weight is 326 g/mol. The molecule has 0 saturated carbocycles. The van der Waals surface area contributed by atoms with Crippen molar-refractivity contribution >= 4 is 11.8 Å². The first kappa shape index (κ1) is 16.7. The first-order valence-electron chi connectivity index (χ1n) is 9.01. The van der Waals surface area contributed by atoms with Crippen LogP contribution in [0.4, 0.5) is 0 Å². The van der Waals surface area contributed by atoms with Crippen LogP contribution in [0.3, 0.4) is 0 Å². The Morgan fingerprint density at radius 3 is 2.33 bits per heavy atom.